The summed E-state index contributed by atoms with van der Waals surface area (Å²) in [6, 6.07) is 10.0. The quantitative estimate of drug-likeness (QED) is 0.762. The average molecular weight is 259 g/mol. The molecule has 2 saturated heterocycles. The van der Waals surface area contributed by atoms with Gasteiger partial charge >= 0.3 is 5.97 Å². The van der Waals surface area contributed by atoms with Crippen molar-refractivity contribution < 1.29 is 14.3 Å². The van der Waals surface area contributed by atoms with Crippen LogP contribution in [0.15, 0.2) is 30.3 Å². The Morgan fingerprint density at radius 3 is 2.68 bits per heavy atom. The second kappa shape index (κ2) is 5.03. The molecule has 0 bridgehead atoms. The van der Waals surface area contributed by atoms with Gasteiger partial charge in [0.05, 0.1) is 6.04 Å². The molecule has 2 aliphatic rings. The summed E-state index contributed by atoms with van der Waals surface area (Å²) in [4.78, 5) is 25.3. The number of amides is 1. The highest BCUT2D eigenvalue weighted by Crippen LogP contribution is 2.30. The van der Waals surface area contributed by atoms with Crippen LogP contribution in [0, 0.1) is 0 Å². The van der Waals surface area contributed by atoms with Crippen molar-refractivity contribution in [1.29, 1.82) is 0 Å². The van der Waals surface area contributed by atoms with E-state index in [1.165, 1.54) is 0 Å². The van der Waals surface area contributed by atoms with Crippen molar-refractivity contribution >= 4 is 11.9 Å². The molecule has 0 radical (unpaired) electrons. The van der Waals surface area contributed by atoms with Gasteiger partial charge in [0.1, 0.15) is 6.10 Å². The number of benzene rings is 1. The van der Waals surface area contributed by atoms with E-state index in [4.69, 9.17) is 4.74 Å². The molecule has 0 aromatic heterocycles. The molecule has 0 N–H and O–H groups in total. The van der Waals surface area contributed by atoms with Crippen LogP contribution in [0.5, 0.6) is 0 Å². The van der Waals surface area contributed by atoms with Gasteiger partial charge in [-0.1, -0.05) is 30.3 Å². The van der Waals surface area contributed by atoms with Crippen molar-refractivity contribution in [2.24, 2.45) is 0 Å². The zero-order chi connectivity index (χ0) is 13.2. The first-order chi connectivity index (χ1) is 9.24. The molecule has 2 aliphatic heterocycles. The van der Waals surface area contributed by atoms with Gasteiger partial charge in [0.15, 0.2) is 0 Å². The van der Waals surface area contributed by atoms with Crippen LogP contribution in [0.3, 0.4) is 0 Å². The normalized spacial score (nSPS) is 26.8. The van der Waals surface area contributed by atoms with Crippen LogP contribution in [0.4, 0.5) is 0 Å². The van der Waals surface area contributed by atoms with Gasteiger partial charge in [-0.2, -0.15) is 0 Å². The predicted molar refractivity (Wildman–Crippen MR) is 69.1 cm³/mol. The van der Waals surface area contributed by atoms with Crippen molar-refractivity contribution in [3.8, 4) is 0 Å². The number of fused-ring (bicyclic) bond motifs is 1. The lowest BCUT2D eigenvalue weighted by Gasteiger charge is -2.43. The zero-order valence-electron chi connectivity index (χ0n) is 10.7. The monoisotopic (exact) mass is 259 g/mol. The molecule has 2 atom stereocenters. The van der Waals surface area contributed by atoms with E-state index < -0.39 is 0 Å². The number of ether oxygens (including phenoxy) is 1. The number of hydrogen-bond donors (Lipinski definition) is 0. The van der Waals surface area contributed by atoms with Crippen molar-refractivity contribution in [3.05, 3.63) is 35.9 Å². The molecule has 19 heavy (non-hydrogen) atoms. The number of likely N-dealkylation sites (tertiary alicyclic amines) is 1. The highest BCUT2D eigenvalue weighted by atomic mass is 16.5. The predicted octanol–water partition coefficient (Wildman–Crippen LogP) is 1.88. The minimum Gasteiger partial charge on any atom is -0.460 e. The first-order valence-electron chi connectivity index (χ1n) is 6.77. The van der Waals surface area contributed by atoms with Gasteiger partial charge < -0.3 is 9.64 Å². The Morgan fingerprint density at radius 1 is 1.11 bits per heavy atom. The molecule has 0 aliphatic carbocycles. The smallest absolute Gasteiger partial charge is 0.306 e. The Bertz CT molecular complexity index is 485. The lowest BCUT2D eigenvalue weighted by Crippen LogP contribution is -2.54. The molecule has 1 amide bonds. The van der Waals surface area contributed by atoms with E-state index in [1.54, 1.807) is 0 Å². The second-order valence-corrected chi connectivity index (χ2v) is 5.18. The number of rotatable bonds is 2. The van der Waals surface area contributed by atoms with E-state index in [9.17, 15) is 9.59 Å². The van der Waals surface area contributed by atoms with E-state index in [1.807, 2.05) is 35.2 Å². The van der Waals surface area contributed by atoms with Crippen LogP contribution < -0.4 is 0 Å². The standard InChI is InChI=1S/C15H17NO3/c17-14-8-7-13-12(6-9-15(18)19-13)16(14)10-11-4-2-1-3-5-11/h1-5,12-13H,6-10H2/t12-,13-/m0/s1. The van der Waals surface area contributed by atoms with Crippen molar-refractivity contribution in [2.75, 3.05) is 0 Å². The Labute approximate surface area is 112 Å². The highest BCUT2D eigenvalue weighted by Gasteiger charge is 2.40. The number of carbonyl (C=O) groups is 2. The van der Waals surface area contributed by atoms with Crippen LogP contribution in [-0.2, 0) is 20.9 Å². The number of nitrogens with zero attached hydrogens (tertiary/aromatic N) is 1. The summed E-state index contributed by atoms with van der Waals surface area (Å²) >= 11 is 0. The Kier molecular flexibility index (Phi) is 3.23. The largest absolute Gasteiger partial charge is 0.460 e. The highest BCUT2D eigenvalue weighted by molar-refractivity contribution is 5.78. The third-order valence-electron chi connectivity index (χ3n) is 3.92. The van der Waals surface area contributed by atoms with Crippen molar-refractivity contribution in [1.82, 2.24) is 4.90 Å². The van der Waals surface area contributed by atoms with Gasteiger partial charge in [-0.3, -0.25) is 9.59 Å². The third-order valence-corrected chi connectivity index (χ3v) is 3.92. The molecular formula is C15H17NO3. The van der Waals surface area contributed by atoms with E-state index in [0.29, 0.717) is 25.8 Å². The lowest BCUT2D eigenvalue weighted by atomic mass is 9.91. The first-order valence-corrected chi connectivity index (χ1v) is 6.77. The van der Waals surface area contributed by atoms with Crippen LogP contribution in [0.1, 0.15) is 31.2 Å². The minimum absolute atomic E-state index is 0.0548. The molecule has 1 aromatic rings. The van der Waals surface area contributed by atoms with Gasteiger partial charge in [-0.05, 0) is 18.4 Å². The summed E-state index contributed by atoms with van der Waals surface area (Å²) in [5.41, 5.74) is 1.12. The van der Waals surface area contributed by atoms with Gasteiger partial charge in [-0.25, -0.2) is 0 Å². The fourth-order valence-electron chi connectivity index (χ4n) is 2.95. The Morgan fingerprint density at radius 2 is 1.89 bits per heavy atom. The lowest BCUT2D eigenvalue weighted by molar-refractivity contribution is -0.170. The minimum atomic E-state index is -0.129. The topological polar surface area (TPSA) is 46.6 Å². The maximum absolute atomic E-state index is 12.1. The molecule has 1 aromatic carbocycles. The fourth-order valence-corrected chi connectivity index (χ4v) is 2.95. The van der Waals surface area contributed by atoms with E-state index in [2.05, 4.69) is 0 Å². The maximum atomic E-state index is 12.1. The molecule has 100 valence electrons. The summed E-state index contributed by atoms with van der Waals surface area (Å²) in [5.74, 6) is 0.0401. The first kappa shape index (κ1) is 12.2. The maximum Gasteiger partial charge on any atom is 0.306 e. The SMILES string of the molecule is O=C1CC[C@H]2[C@H](CCC(=O)N2Cc2ccccc2)O1. The molecule has 0 saturated carbocycles. The van der Waals surface area contributed by atoms with Crippen LogP contribution in [0.2, 0.25) is 0 Å². The second-order valence-electron chi connectivity index (χ2n) is 5.18. The summed E-state index contributed by atoms with van der Waals surface area (Å²) in [5, 5.41) is 0. The van der Waals surface area contributed by atoms with Gasteiger partial charge in [0.25, 0.3) is 0 Å². The van der Waals surface area contributed by atoms with E-state index in [-0.39, 0.29) is 24.0 Å². The Balaban J connectivity index is 1.78. The Hall–Kier alpha value is -1.84. The third kappa shape index (κ3) is 2.48. The van der Waals surface area contributed by atoms with Crippen molar-refractivity contribution in [2.45, 2.75) is 44.4 Å². The average Bonchev–Trinajstić information content (AvgIpc) is 2.43. The molecule has 2 fully saturated rings. The molecule has 0 unspecified atom stereocenters. The fraction of sp³-hybridized carbons (Fsp3) is 0.467. The van der Waals surface area contributed by atoms with Crippen LogP contribution in [0.25, 0.3) is 0 Å². The molecule has 2 heterocycles. The van der Waals surface area contributed by atoms with E-state index >= 15 is 0 Å². The van der Waals surface area contributed by atoms with E-state index in [0.717, 1.165) is 12.0 Å². The number of carbonyl (C=O) groups excluding carboxylic acids is 2. The number of piperidine rings is 1. The van der Waals surface area contributed by atoms with Crippen molar-refractivity contribution in [3.63, 3.8) is 0 Å². The number of esters is 1. The van der Waals surface area contributed by atoms with Crippen LogP contribution >= 0.6 is 0 Å². The summed E-state index contributed by atoms with van der Waals surface area (Å²) in [6.07, 6.45) is 2.17. The summed E-state index contributed by atoms with van der Waals surface area (Å²) in [6.45, 7) is 0.610. The van der Waals surface area contributed by atoms with Gasteiger partial charge in [0, 0.05) is 19.4 Å². The molecular weight excluding hydrogens is 242 g/mol. The molecule has 0 spiro atoms. The summed E-state index contributed by atoms with van der Waals surface area (Å²) < 4.78 is 5.37. The molecule has 4 nitrogen and oxygen atoms in total. The number of hydrogen-bond acceptors (Lipinski definition) is 3. The van der Waals surface area contributed by atoms with Gasteiger partial charge in [-0.15, -0.1) is 0 Å². The summed E-state index contributed by atoms with van der Waals surface area (Å²) in [7, 11) is 0. The zero-order valence-corrected chi connectivity index (χ0v) is 10.7. The molecule has 3 rings (SSSR count). The van der Waals surface area contributed by atoms with Gasteiger partial charge in [0.2, 0.25) is 5.91 Å². The molecule has 4 heteroatoms. The van der Waals surface area contributed by atoms with Crippen LogP contribution in [-0.4, -0.2) is 28.9 Å².